The van der Waals surface area contributed by atoms with Crippen molar-refractivity contribution < 1.29 is 18.3 Å². The Morgan fingerprint density at radius 1 is 1.35 bits per heavy atom. The summed E-state index contributed by atoms with van der Waals surface area (Å²) in [4.78, 5) is 10.6. The predicted molar refractivity (Wildman–Crippen MR) is 86.8 cm³/mol. The lowest BCUT2D eigenvalue weighted by atomic mass is 10.2. The van der Waals surface area contributed by atoms with Crippen LogP contribution in [-0.2, 0) is 10.0 Å². The normalized spacial score (nSPS) is 11.7. The van der Waals surface area contributed by atoms with Crippen molar-refractivity contribution in [1.29, 1.82) is 0 Å². The molecule has 124 valence electrons. The van der Waals surface area contributed by atoms with Crippen LogP contribution in [0.25, 0.3) is 0 Å². The molecule has 0 saturated carbocycles. The fraction of sp³-hybridized carbons (Fsp3) is 0.231. The van der Waals surface area contributed by atoms with Gasteiger partial charge in [-0.1, -0.05) is 23.2 Å². The third-order valence-electron chi connectivity index (χ3n) is 2.91. The number of anilines is 1. The Hall–Kier alpha value is -1.77. The van der Waals surface area contributed by atoms with Gasteiger partial charge in [-0.05, 0) is 26.0 Å². The van der Waals surface area contributed by atoms with Crippen LogP contribution in [0.2, 0.25) is 10.0 Å². The molecule has 0 spiro atoms. The number of carboxylic acids is 1. The SMILES string of the molecule is CC(C)n1cc(NS(=O)(=O)c2cc(C(=O)O)cc(Cl)c2Cl)cn1. The van der Waals surface area contributed by atoms with Gasteiger partial charge in [-0.3, -0.25) is 9.40 Å². The molecule has 0 aliphatic carbocycles. The van der Waals surface area contributed by atoms with Crippen LogP contribution in [0.5, 0.6) is 0 Å². The van der Waals surface area contributed by atoms with Crippen LogP contribution < -0.4 is 4.72 Å². The zero-order valence-corrected chi connectivity index (χ0v) is 14.4. The quantitative estimate of drug-likeness (QED) is 0.832. The van der Waals surface area contributed by atoms with Crippen molar-refractivity contribution >= 4 is 44.9 Å². The maximum atomic E-state index is 12.4. The molecule has 0 amide bonds. The molecular weight excluding hydrogens is 365 g/mol. The summed E-state index contributed by atoms with van der Waals surface area (Å²) >= 11 is 11.7. The van der Waals surface area contributed by atoms with E-state index < -0.39 is 20.9 Å². The molecule has 23 heavy (non-hydrogen) atoms. The lowest BCUT2D eigenvalue weighted by Gasteiger charge is -2.10. The largest absolute Gasteiger partial charge is 0.478 e. The molecule has 0 bridgehead atoms. The van der Waals surface area contributed by atoms with Gasteiger partial charge in [-0.2, -0.15) is 5.10 Å². The first-order valence-electron chi connectivity index (χ1n) is 6.41. The minimum absolute atomic E-state index is 0.0571. The number of nitrogens with one attached hydrogen (secondary N) is 1. The zero-order chi connectivity index (χ0) is 17.4. The fourth-order valence-corrected chi connectivity index (χ4v) is 3.61. The van der Waals surface area contributed by atoms with Crippen molar-refractivity contribution in [3.63, 3.8) is 0 Å². The molecular formula is C13H13Cl2N3O4S. The molecule has 7 nitrogen and oxygen atoms in total. The topological polar surface area (TPSA) is 101 Å². The molecule has 2 rings (SSSR count). The van der Waals surface area contributed by atoms with Gasteiger partial charge in [-0.25, -0.2) is 13.2 Å². The number of hydrogen-bond acceptors (Lipinski definition) is 4. The number of carbonyl (C=O) groups is 1. The minimum atomic E-state index is -4.12. The molecule has 0 radical (unpaired) electrons. The van der Waals surface area contributed by atoms with E-state index in [0.29, 0.717) is 0 Å². The van der Waals surface area contributed by atoms with E-state index in [1.807, 2.05) is 13.8 Å². The van der Waals surface area contributed by atoms with E-state index in [9.17, 15) is 13.2 Å². The highest BCUT2D eigenvalue weighted by Gasteiger charge is 2.23. The molecule has 0 fully saturated rings. The summed E-state index contributed by atoms with van der Waals surface area (Å²) in [7, 11) is -4.12. The average Bonchev–Trinajstić information content (AvgIpc) is 2.89. The second-order valence-corrected chi connectivity index (χ2v) is 7.42. The summed E-state index contributed by atoms with van der Waals surface area (Å²) in [6.45, 7) is 3.77. The van der Waals surface area contributed by atoms with Gasteiger partial charge < -0.3 is 5.11 Å². The minimum Gasteiger partial charge on any atom is -0.478 e. The van der Waals surface area contributed by atoms with E-state index in [-0.39, 0.29) is 27.3 Å². The van der Waals surface area contributed by atoms with Gasteiger partial charge in [0.2, 0.25) is 0 Å². The molecule has 1 aromatic heterocycles. The van der Waals surface area contributed by atoms with Gasteiger partial charge in [0.25, 0.3) is 10.0 Å². The Balaban J connectivity index is 2.44. The van der Waals surface area contributed by atoms with E-state index in [4.69, 9.17) is 28.3 Å². The second kappa shape index (κ2) is 6.38. The molecule has 0 aliphatic heterocycles. The highest BCUT2D eigenvalue weighted by Crippen LogP contribution is 2.32. The smallest absolute Gasteiger partial charge is 0.335 e. The van der Waals surface area contributed by atoms with Crippen molar-refractivity contribution in [2.75, 3.05) is 4.72 Å². The zero-order valence-electron chi connectivity index (χ0n) is 12.1. The predicted octanol–water partition coefficient (Wildman–Crippen LogP) is 3.27. The van der Waals surface area contributed by atoms with Crippen molar-refractivity contribution in [2.45, 2.75) is 24.8 Å². The van der Waals surface area contributed by atoms with E-state index in [2.05, 4.69) is 9.82 Å². The van der Waals surface area contributed by atoms with Crippen LogP contribution in [0.1, 0.15) is 30.2 Å². The van der Waals surface area contributed by atoms with Gasteiger partial charge in [0, 0.05) is 12.2 Å². The Morgan fingerprint density at radius 2 is 2.00 bits per heavy atom. The fourth-order valence-electron chi connectivity index (χ4n) is 1.77. The summed E-state index contributed by atoms with van der Waals surface area (Å²) in [6, 6.07) is 2.09. The number of aromatic carboxylic acids is 1. The Kier molecular flexibility index (Phi) is 4.88. The van der Waals surface area contributed by atoms with Crippen molar-refractivity contribution in [3.8, 4) is 0 Å². The molecule has 0 aliphatic rings. The molecule has 2 aromatic rings. The number of benzene rings is 1. The van der Waals surface area contributed by atoms with Gasteiger partial charge in [0.1, 0.15) is 4.90 Å². The van der Waals surface area contributed by atoms with E-state index >= 15 is 0 Å². The van der Waals surface area contributed by atoms with Gasteiger partial charge in [-0.15, -0.1) is 0 Å². The molecule has 0 saturated heterocycles. The third kappa shape index (κ3) is 3.77. The molecule has 0 unspecified atom stereocenters. The first-order valence-corrected chi connectivity index (χ1v) is 8.65. The van der Waals surface area contributed by atoms with Crippen LogP contribution in [0.15, 0.2) is 29.4 Å². The van der Waals surface area contributed by atoms with Gasteiger partial charge >= 0.3 is 5.97 Å². The lowest BCUT2D eigenvalue weighted by molar-refractivity contribution is 0.0696. The van der Waals surface area contributed by atoms with Gasteiger partial charge in [0.15, 0.2) is 0 Å². The summed E-state index contributed by atoms with van der Waals surface area (Å²) in [5.41, 5.74) is -0.0516. The van der Waals surface area contributed by atoms with Crippen LogP contribution in [0.4, 0.5) is 5.69 Å². The van der Waals surface area contributed by atoms with Crippen molar-refractivity contribution in [2.24, 2.45) is 0 Å². The number of nitrogens with zero attached hydrogens (tertiary/aromatic N) is 2. The average molecular weight is 378 g/mol. The maximum Gasteiger partial charge on any atom is 0.335 e. The Labute approximate surface area is 142 Å². The van der Waals surface area contributed by atoms with Crippen LogP contribution >= 0.6 is 23.2 Å². The lowest BCUT2D eigenvalue weighted by Crippen LogP contribution is -2.14. The highest BCUT2D eigenvalue weighted by atomic mass is 35.5. The monoisotopic (exact) mass is 377 g/mol. The van der Waals surface area contributed by atoms with Crippen molar-refractivity contribution in [1.82, 2.24) is 9.78 Å². The maximum absolute atomic E-state index is 12.4. The molecule has 1 heterocycles. The summed E-state index contributed by atoms with van der Waals surface area (Å²) in [5, 5.41) is 12.6. The third-order valence-corrected chi connectivity index (χ3v) is 5.23. The summed E-state index contributed by atoms with van der Waals surface area (Å²) in [6.07, 6.45) is 2.85. The Morgan fingerprint density at radius 3 is 2.52 bits per heavy atom. The van der Waals surface area contributed by atoms with Gasteiger partial charge in [0.05, 0.1) is 27.5 Å². The standard InChI is InChI=1S/C13H13Cl2N3O4S/c1-7(2)18-6-9(5-16-18)17-23(21,22)11-4-8(13(19)20)3-10(14)12(11)15/h3-7,17H,1-2H3,(H,19,20). The number of sulfonamides is 1. The second-order valence-electron chi connectivity index (χ2n) is 4.98. The van der Waals surface area contributed by atoms with E-state index in [1.165, 1.54) is 12.4 Å². The van der Waals surface area contributed by atoms with E-state index in [0.717, 1.165) is 12.1 Å². The molecule has 2 N–H and O–H groups in total. The Bertz CT molecular complexity index is 862. The van der Waals surface area contributed by atoms with Crippen LogP contribution in [-0.4, -0.2) is 29.3 Å². The number of rotatable bonds is 5. The number of halogens is 2. The number of aromatic nitrogens is 2. The van der Waals surface area contributed by atoms with E-state index in [1.54, 1.807) is 4.68 Å². The molecule has 1 aromatic carbocycles. The molecule has 10 heteroatoms. The first kappa shape index (κ1) is 17.6. The first-order chi connectivity index (χ1) is 10.6. The van der Waals surface area contributed by atoms with Crippen molar-refractivity contribution in [3.05, 3.63) is 40.1 Å². The van der Waals surface area contributed by atoms with Crippen LogP contribution in [0, 0.1) is 0 Å². The summed E-state index contributed by atoms with van der Waals surface area (Å²) < 4.78 is 28.8. The molecule has 0 atom stereocenters. The number of hydrogen-bond donors (Lipinski definition) is 2. The highest BCUT2D eigenvalue weighted by molar-refractivity contribution is 7.92. The number of carboxylic acid groups (broad SMARTS) is 1. The van der Waals surface area contributed by atoms with Crippen LogP contribution in [0.3, 0.4) is 0 Å². The summed E-state index contributed by atoms with van der Waals surface area (Å²) in [5.74, 6) is -1.31.